The second-order valence-electron chi connectivity index (χ2n) is 6.95. The molecule has 3 rings (SSSR count). The van der Waals surface area contributed by atoms with Crippen molar-refractivity contribution in [3.05, 3.63) is 63.1 Å². The number of nitrogens with zero attached hydrogens (tertiary/aromatic N) is 1. The molecule has 1 heterocycles. The van der Waals surface area contributed by atoms with Crippen molar-refractivity contribution in [2.45, 2.75) is 37.1 Å². The minimum absolute atomic E-state index is 0.0428. The topological polar surface area (TPSA) is 37.4 Å². The smallest absolute Gasteiger partial charge is 0.178 e. The first kappa shape index (κ1) is 19.7. The first-order valence-electron chi connectivity index (χ1n) is 8.81. The van der Waals surface area contributed by atoms with E-state index in [4.69, 9.17) is 23.2 Å². The Balaban J connectivity index is 2.04. The molecule has 0 saturated heterocycles. The number of sulfone groups is 1. The van der Waals surface area contributed by atoms with Gasteiger partial charge in [0.15, 0.2) is 9.84 Å². The molecule has 1 atom stereocenters. The van der Waals surface area contributed by atoms with E-state index in [1.165, 1.54) is 0 Å². The molecule has 0 aromatic heterocycles. The molecule has 140 valence electrons. The maximum atomic E-state index is 12.6. The summed E-state index contributed by atoms with van der Waals surface area (Å²) >= 11 is 12.7. The van der Waals surface area contributed by atoms with Crippen molar-refractivity contribution in [3.63, 3.8) is 0 Å². The van der Waals surface area contributed by atoms with E-state index < -0.39 is 9.84 Å². The van der Waals surface area contributed by atoms with Gasteiger partial charge in [0.1, 0.15) is 0 Å². The number of unbranched alkanes of at least 4 members (excludes halogenated alkanes) is 1. The lowest BCUT2D eigenvalue weighted by atomic mass is 9.85. The van der Waals surface area contributed by atoms with Crippen LogP contribution in [-0.2, 0) is 16.4 Å². The Morgan fingerprint density at radius 3 is 2.69 bits per heavy atom. The number of likely N-dealkylation sites (N-methyl/N-ethyl adjacent to an activating group) is 1. The minimum atomic E-state index is -3.26. The highest BCUT2D eigenvalue weighted by Crippen LogP contribution is 2.38. The van der Waals surface area contributed by atoms with E-state index in [2.05, 4.69) is 4.90 Å². The SMILES string of the molecule is CCCCS(=O)(=O)c1cccc(C2CN(C)Cc3c(Cl)cc(Cl)cc32)c1. The Morgan fingerprint density at radius 1 is 1.19 bits per heavy atom. The van der Waals surface area contributed by atoms with Crippen LogP contribution in [0.15, 0.2) is 41.3 Å². The quantitative estimate of drug-likeness (QED) is 0.682. The molecule has 6 heteroatoms. The first-order valence-corrected chi connectivity index (χ1v) is 11.2. The van der Waals surface area contributed by atoms with Gasteiger partial charge >= 0.3 is 0 Å². The lowest BCUT2D eigenvalue weighted by molar-refractivity contribution is 0.295. The highest BCUT2D eigenvalue weighted by Gasteiger charge is 2.28. The highest BCUT2D eigenvalue weighted by molar-refractivity contribution is 7.91. The maximum Gasteiger partial charge on any atom is 0.178 e. The van der Waals surface area contributed by atoms with Crippen LogP contribution in [0.2, 0.25) is 10.0 Å². The van der Waals surface area contributed by atoms with Crippen LogP contribution in [0.3, 0.4) is 0 Å². The molecule has 0 fully saturated rings. The van der Waals surface area contributed by atoms with E-state index in [0.717, 1.165) is 36.2 Å². The Hall–Kier alpha value is -1.07. The second-order valence-corrected chi connectivity index (χ2v) is 9.90. The van der Waals surface area contributed by atoms with Gasteiger partial charge in [0, 0.05) is 29.1 Å². The Morgan fingerprint density at radius 2 is 1.96 bits per heavy atom. The number of rotatable bonds is 5. The molecule has 0 bridgehead atoms. The number of benzene rings is 2. The average Bonchev–Trinajstić information content (AvgIpc) is 2.60. The van der Waals surface area contributed by atoms with Crippen molar-refractivity contribution >= 4 is 33.0 Å². The summed E-state index contributed by atoms with van der Waals surface area (Å²) in [5.74, 6) is 0.229. The third kappa shape index (κ3) is 4.09. The van der Waals surface area contributed by atoms with Gasteiger partial charge in [-0.25, -0.2) is 8.42 Å². The van der Waals surface area contributed by atoms with Crippen molar-refractivity contribution < 1.29 is 8.42 Å². The van der Waals surface area contributed by atoms with Crippen LogP contribution in [0.1, 0.15) is 42.4 Å². The van der Waals surface area contributed by atoms with Gasteiger partial charge in [0.2, 0.25) is 0 Å². The number of fused-ring (bicyclic) bond motifs is 1. The van der Waals surface area contributed by atoms with Crippen LogP contribution >= 0.6 is 23.2 Å². The first-order chi connectivity index (χ1) is 12.3. The summed E-state index contributed by atoms with van der Waals surface area (Å²) in [4.78, 5) is 2.59. The summed E-state index contributed by atoms with van der Waals surface area (Å²) in [6.07, 6.45) is 1.53. The van der Waals surface area contributed by atoms with Gasteiger partial charge in [0.05, 0.1) is 10.6 Å². The van der Waals surface area contributed by atoms with Gasteiger partial charge in [-0.2, -0.15) is 0 Å². The number of hydrogen-bond donors (Lipinski definition) is 0. The largest absolute Gasteiger partial charge is 0.301 e. The minimum Gasteiger partial charge on any atom is -0.301 e. The molecule has 2 aromatic rings. The summed E-state index contributed by atoms with van der Waals surface area (Å²) in [6, 6.07) is 11.0. The fourth-order valence-corrected chi connectivity index (χ4v) is 5.58. The van der Waals surface area contributed by atoms with Gasteiger partial charge < -0.3 is 4.90 Å². The standard InChI is InChI=1S/C20H23Cl2NO2S/c1-3-4-8-26(24,25)16-7-5-6-14(9-16)18-12-23(2)13-19-17(18)10-15(21)11-20(19)22/h5-7,9-11,18H,3-4,8,12-13H2,1-2H3. The molecule has 0 radical (unpaired) electrons. The van der Waals surface area contributed by atoms with E-state index in [-0.39, 0.29) is 11.7 Å². The molecule has 1 aliphatic rings. The van der Waals surface area contributed by atoms with Crippen molar-refractivity contribution in [2.75, 3.05) is 19.3 Å². The zero-order chi connectivity index (χ0) is 18.9. The van der Waals surface area contributed by atoms with Crippen LogP contribution in [0, 0.1) is 0 Å². The van der Waals surface area contributed by atoms with Crippen molar-refractivity contribution in [1.82, 2.24) is 4.90 Å². The van der Waals surface area contributed by atoms with Gasteiger partial charge in [-0.3, -0.25) is 0 Å². The van der Waals surface area contributed by atoms with Crippen molar-refractivity contribution in [3.8, 4) is 0 Å². The highest BCUT2D eigenvalue weighted by atomic mass is 35.5. The van der Waals surface area contributed by atoms with E-state index in [1.807, 2.05) is 38.2 Å². The molecule has 26 heavy (non-hydrogen) atoms. The van der Waals surface area contributed by atoms with Crippen LogP contribution in [0.4, 0.5) is 0 Å². The van der Waals surface area contributed by atoms with E-state index in [0.29, 0.717) is 21.4 Å². The monoisotopic (exact) mass is 411 g/mol. The summed E-state index contributed by atoms with van der Waals surface area (Å²) in [5.41, 5.74) is 3.13. The average molecular weight is 412 g/mol. The summed E-state index contributed by atoms with van der Waals surface area (Å²) in [5, 5.41) is 1.27. The Labute approximate surface area is 165 Å². The zero-order valence-electron chi connectivity index (χ0n) is 15.0. The third-order valence-electron chi connectivity index (χ3n) is 4.88. The van der Waals surface area contributed by atoms with Crippen LogP contribution in [0.25, 0.3) is 0 Å². The summed E-state index contributed by atoms with van der Waals surface area (Å²) < 4.78 is 25.2. The molecular weight excluding hydrogens is 389 g/mol. The molecule has 0 aliphatic carbocycles. The molecule has 3 nitrogen and oxygen atoms in total. The molecule has 0 saturated carbocycles. The molecule has 0 amide bonds. The molecule has 1 unspecified atom stereocenters. The predicted molar refractivity (Wildman–Crippen MR) is 108 cm³/mol. The summed E-state index contributed by atoms with van der Waals surface area (Å²) in [7, 11) is -1.21. The second kappa shape index (κ2) is 7.89. The molecule has 0 spiro atoms. The van der Waals surface area contributed by atoms with Gasteiger partial charge in [-0.05, 0) is 54.4 Å². The van der Waals surface area contributed by atoms with E-state index in [1.54, 1.807) is 12.1 Å². The Kier molecular flexibility index (Phi) is 5.97. The molecule has 0 N–H and O–H groups in total. The number of hydrogen-bond acceptors (Lipinski definition) is 3. The number of halogens is 2. The normalized spacial score (nSPS) is 17.9. The fourth-order valence-electron chi connectivity index (χ4n) is 3.51. The maximum absolute atomic E-state index is 12.6. The van der Waals surface area contributed by atoms with Crippen LogP contribution in [-0.4, -0.2) is 32.7 Å². The van der Waals surface area contributed by atoms with E-state index >= 15 is 0 Å². The van der Waals surface area contributed by atoms with Gasteiger partial charge in [-0.15, -0.1) is 0 Å². The van der Waals surface area contributed by atoms with Gasteiger partial charge in [0.25, 0.3) is 0 Å². The molecule has 1 aliphatic heterocycles. The predicted octanol–water partition coefficient (Wildman–Crippen LogP) is 5.14. The van der Waals surface area contributed by atoms with Crippen LogP contribution in [0.5, 0.6) is 0 Å². The van der Waals surface area contributed by atoms with Crippen molar-refractivity contribution in [2.24, 2.45) is 0 Å². The van der Waals surface area contributed by atoms with Crippen LogP contribution < -0.4 is 0 Å². The summed E-state index contributed by atoms with van der Waals surface area (Å²) in [6.45, 7) is 3.55. The van der Waals surface area contributed by atoms with Crippen molar-refractivity contribution in [1.29, 1.82) is 0 Å². The molecular formula is C20H23Cl2NO2S. The third-order valence-corrected chi connectivity index (χ3v) is 7.23. The lowest BCUT2D eigenvalue weighted by Gasteiger charge is -2.33. The van der Waals surface area contributed by atoms with Gasteiger partial charge in [-0.1, -0.05) is 48.7 Å². The zero-order valence-corrected chi connectivity index (χ0v) is 17.3. The lowest BCUT2D eigenvalue weighted by Crippen LogP contribution is -2.31. The fraction of sp³-hybridized carbons (Fsp3) is 0.400. The Bertz CT molecular complexity index is 912. The molecule has 2 aromatic carbocycles. The van der Waals surface area contributed by atoms with E-state index in [9.17, 15) is 8.42 Å².